The molecule has 1 fully saturated rings. The van der Waals surface area contributed by atoms with E-state index in [4.69, 9.17) is 5.73 Å². The lowest BCUT2D eigenvalue weighted by Crippen LogP contribution is -2.42. The lowest BCUT2D eigenvalue weighted by atomic mass is 10.0. The van der Waals surface area contributed by atoms with E-state index in [-0.39, 0.29) is 0 Å². The third-order valence-electron chi connectivity index (χ3n) is 3.98. The number of nitrogens with two attached hydrogens (primary N) is 1. The molecule has 2 rings (SSSR count). The third-order valence-corrected chi connectivity index (χ3v) is 3.98. The van der Waals surface area contributed by atoms with Crippen LogP contribution in [0, 0.1) is 0 Å². The number of nitrogen functional groups attached to an aromatic ring is 1. The summed E-state index contributed by atoms with van der Waals surface area (Å²) in [5, 5.41) is 0. The van der Waals surface area contributed by atoms with Crippen LogP contribution in [-0.4, -0.2) is 49.6 Å². The zero-order valence-corrected chi connectivity index (χ0v) is 11.6. The van der Waals surface area contributed by atoms with Crippen molar-refractivity contribution < 1.29 is 0 Å². The van der Waals surface area contributed by atoms with Gasteiger partial charge in [0.1, 0.15) is 0 Å². The molecular formula is C15H25N3. The summed E-state index contributed by atoms with van der Waals surface area (Å²) in [7, 11) is 4.38. The summed E-state index contributed by atoms with van der Waals surface area (Å²) in [5.74, 6) is 0. The average molecular weight is 247 g/mol. The molecule has 1 aliphatic heterocycles. The Labute approximate surface area is 111 Å². The molecule has 0 aliphatic carbocycles. The summed E-state index contributed by atoms with van der Waals surface area (Å²) in [6, 6.07) is 9.04. The van der Waals surface area contributed by atoms with Crippen molar-refractivity contribution in [1.82, 2.24) is 9.80 Å². The summed E-state index contributed by atoms with van der Waals surface area (Å²) in [4.78, 5) is 4.94. The number of hydrogen-bond donors (Lipinski definition) is 1. The third kappa shape index (κ3) is 3.72. The standard InChI is InChI=1S/C15H25N3/c1-17(2)15-8-11-18(12-9-15)10-7-13-3-5-14(16)6-4-13/h3-6,15H,7-12,16H2,1-2H3. The van der Waals surface area contributed by atoms with Crippen LogP contribution in [-0.2, 0) is 6.42 Å². The zero-order chi connectivity index (χ0) is 13.0. The maximum atomic E-state index is 5.69. The number of rotatable bonds is 4. The van der Waals surface area contributed by atoms with E-state index < -0.39 is 0 Å². The number of anilines is 1. The van der Waals surface area contributed by atoms with E-state index >= 15 is 0 Å². The molecule has 0 unspecified atom stereocenters. The van der Waals surface area contributed by atoms with Crippen molar-refractivity contribution in [3.63, 3.8) is 0 Å². The van der Waals surface area contributed by atoms with Crippen molar-refractivity contribution in [3.8, 4) is 0 Å². The molecule has 0 bridgehead atoms. The average Bonchev–Trinajstić information content (AvgIpc) is 2.38. The molecule has 1 aromatic rings. The van der Waals surface area contributed by atoms with Gasteiger partial charge in [0.2, 0.25) is 0 Å². The second kappa shape index (κ2) is 6.21. The summed E-state index contributed by atoms with van der Waals surface area (Å²) in [5.41, 5.74) is 7.93. The second-order valence-electron chi connectivity index (χ2n) is 5.53. The van der Waals surface area contributed by atoms with Gasteiger partial charge < -0.3 is 15.5 Å². The molecule has 0 atom stereocenters. The van der Waals surface area contributed by atoms with Crippen molar-refractivity contribution >= 4 is 5.69 Å². The van der Waals surface area contributed by atoms with E-state index in [2.05, 4.69) is 36.0 Å². The molecule has 1 aliphatic rings. The SMILES string of the molecule is CN(C)C1CCN(CCc2ccc(N)cc2)CC1. The lowest BCUT2D eigenvalue weighted by Gasteiger charge is -2.35. The first-order chi connectivity index (χ1) is 8.65. The predicted octanol–water partition coefficient (Wildman–Crippen LogP) is 1.84. The molecule has 0 amide bonds. The van der Waals surface area contributed by atoms with E-state index in [1.165, 1.54) is 38.0 Å². The molecule has 0 spiro atoms. The maximum Gasteiger partial charge on any atom is 0.0314 e. The molecule has 0 aromatic heterocycles. The smallest absolute Gasteiger partial charge is 0.0314 e. The van der Waals surface area contributed by atoms with Gasteiger partial charge in [-0.2, -0.15) is 0 Å². The van der Waals surface area contributed by atoms with Gasteiger partial charge in [0, 0.05) is 18.3 Å². The first-order valence-electron chi connectivity index (χ1n) is 6.88. The van der Waals surface area contributed by atoms with Crippen LogP contribution in [0.5, 0.6) is 0 Å². The van der Waals surface area contributed by atoms with Crippen LogP contribution in [0.1, 0.15) is 18.4 Å². The topological polar surface area (TPSA) is 32.5 Å². The number of hydrogen-bond acceptors (Lipinski definition) is 3. The second-order valence-corrected chi connectivity index (χ2v) is 5.53. The number of benzene rings is 1. The van der Waals surface area contributed by atoms with Gasteiger partial charge in [-0.15, -0.1) is 0 Å². The Balaban J connectivity index is 1.74. The van der Waals surface area contributed by atoms with Crippen LogP contribution < -0.4 is 5.73 Å². The highest BCUT2D eigenvalue weighted by Gasteiger charge is 2.19. The first-order valence-corrected chi connectivity index (χ1v) is 6.88. The molecule has 1 heterocycles. The Bertz CT molecular complexity index is 351. The van der Waals surface area contributed by atoms with Crippen molar-refractivity contribution in [2.75, 3.05) is 39.5 Å². The first kappa shape index (κ1) is 13.4. The Morgan fingerprint density at radius 3 is 2.33 bits per heavy atom. The normalized spacial score (nSPS) is 18.4. The minimum absolute atomic E-state index is 0.776. The van der Waals surface area contributed by atoms with E-state index in [0.717, 1.165) is 18.2 Å². The van der Waals surface area contributed by atoms with Crippen molar-refractivity contribution in [2.24, 2.45) is 0 Å². The molecule has 0 saturated carbocycles. The molecule has 1 aromatic carbocycles. The van der Waals surface area contributed by atoms with Crippen LogP contribution in [0.4, 0.5) is 5.69 Å². The van der Waals surface area contributed by atoms with Gasteiger partial charge in [0.15, 0.2) is 0 Å². The fraction of sp³-hybridized carbons (Fsp3) is 0.600. The van der Waals surface area contributed by atoms with Crippen molar-refractivity contribution in [3.05, 3.63) is 29.8 Å². The number of nitrogens with zero attached hydrogens (tertiary/aromatic N) is 2. The highest BCUT2D eigenvalue weighted by Crippen LogP contribution is 2.15. The monoisotopic (exact) mass is 247 g/mol. The molecule has 3 heteroatoms. The minimum Gasteiger partial charge on any atom is -0.399 e. The van der Waals surface area contributed by atoms with Crippen molar-refractivity contribution in [2.45, 2.75) is 25.3 Å². The van der Waals surface area contributed by atoms with Gasteiger partial charge in [-0.3, -0.25) is 0 Å². The zero-order valence-electron chi connectivity index (χ0n) is 11.6. The van der Waals surface area contributed by atoms with E-state index in [0.29, 0.717) is 0 Å². The quantitative estimate of drug-likeness (QED) is 0.824. The molecule has 0 radical (unpaired) electrons. The fourth-order valence-corrected chi connectivity index (χ4v) is 2.63. The predicted molar refractivity (Wildman–Crippen MR) is 77.7 cm³/mol. The summed E-state index contributed by atoms with van der Waals surface area (Å²) < 4.78 is 0. The molecule has 2 N–H and O–H groups in total. The van der Waals surface area contributed by atoms with Gasteiger partial charge in [0.25, 0.3) is 0 Å². The van der Waals surface area contributed by atoms with Gasteiger partial charge >= 0.3 is 0 Å². The van der Waals surface area contributed by atoms with Crippen molar-refractivity contribution in [1.29, 1.82) is 0 Å². The van der Waals surface area contributed by atoms with Crippen LogP contribution in [0.3, 0.4) is 0 Å². The van der Waals surface area contributed by atoms with E-state index in [1.807, 2.05) is 12.1 Å². The Hall–Kier alpha value is -1.06. The lowest BCUT2D eigenvalue weighted by molar-refractivity contribution is 0.146. The molecule has 1 saturated heterocycles. The van der Waals surface area contributed by atoms with Gasteiger partial charge in [-0.05, 0) is 64.1 Å². The Kier molecular flexibility index (Phi) is 4.61. The number of piperidine rings is 1. The summed E-state index contributed by atoms with van der Waals surface area (Å²) in [6.07, 6.45) is 3.73. The molecular weight excluding hydrogens is 222 g/mol. The number of likely N-dealkylation sites (tertiary alicyclic amines) is 1. The molecule has 18 heavy (non-hydrogen) atoms. The van der Waals surface area contributed by atoms with E-state index in [9.17, 15) is 0 Å². The van der Waals surface area contributed by atoms with Crippen LogP contribution in [0.15, 0.2) is 24.3 Å². The van der Waals surface area contributed by atoms with Crippen LogP contribution >= 0.6 is 0 Å². The Morgan fingerprint density at radius 1 is 1.17 bits per heavy atom. The van der Waals surface area contributed by atoms with Crippen LogP contribution in [0.25, 0.3) is 0 Å². The van der Waals surface area contributed by atoms with Gasteiger partial charge in [-0.1, -0.05) is 12.1 Å². The highest BCUT2D eigenvalue weighted by atomic mass is 15.2. The van der Waals surface area contributed by atoms with Gasteiger partial charge in [-0.25, -0.2) is 0 Å². The minimum atomic E-state index is 0.776. The summed E-state index contributed by atoms with van der Waals surface area (Å²) in [6.45, 7) is 3.64. The summed E-state index contributed by atoms with van der Waals surface area (Å²) >= 11 is 0. The maximum absolute atomic E-state index is 5.69. The van der Waals surface area contributed by atoms with Crippen LogP contribution in [0.2, 0.25) is 0 Å². The van der Waals surface area contributed by atoms with Gasteiger partial charge in [0.05, 0.1) is 0 Å². The highest BCUT2D eigenvalue weighted by molar-refractivity contribution is 5.39. The molecule has 3 nitrogen and oxygen atoms in total. The largest absolute Gasteiger partial charge is 0.399 e. The van der Waals surface area contributed by atoms with E-state index in [1.54, 1.807) is 0 Å². The fourth-order valence-electron chi connectivity index (χ4n) is 2.63. The Morgan fingerprint density at radius 2 is 1.78 bits per heavy atom. The molecule has 100 valence electrons.